The van der Waals surface area contributed by atoms with Gasteiger partial charge in [0.15, 0.2) is 0 Å². The number of hydrogen-bond acceptors (Lipinski definition) is 2. The maximum atomic E-state index is 10.2. The second-order valence-electron chi connectivity index (χ2n) is 6.05. The van der Waals surface area contributed by atoms with Crippen LogP contribution in [0.15, 0.2) is 30.3 Å². The highest BCUT2D eigenvalue weighted by atomic mass is 16.4. The molecule has 1 aromatic carbocycles. The molecule has 108 valence electrons. The number of aliphatic hydroxyl groups is 1. The van der Waals surface area contributed by atoms with Crippen LogP contribution in [0.3, 0.4) is 0 Å². The van der Waals surface area contributed by atoms with Crippen molar-refractivity contribution < 1.29 is 15.0 Å². The molecule has 0 fully saturated rings. The van der Waals surface area contributed by atoms with Crippen LogP contribution in [0.2, 0.25) is 0 Å². The van der Waals surface area contributed by atoms with Crippen molar-refractivity contribution in [2.75, 3.05) is 6.61 Å². The summed E-state index contributed by atoms with van der Waals surface area (Å²) >= 11 is 0. The molecule has 0 saturated carbocycles. The van der Waals surface area contributed by atoms with Crippen LogP contribution in [0.1, 0.15) is 50.9 Å². The molecule has 2 N–H and O–H groups in total. The normalized spacial score (nSPS) is 12.3. The van der Waals surface area contributed by atoms with E-state index < -0.39 is 5.97 Å². The number of carboxylic acid groups (broad SMARTS) is 1. The van der Waals surface area contributed by atoms with Gasteiger partial charge in [-0.2, -0.15) is 0 Å². The van der Waals surface area contributed by atoms with Gasteiger partial charge in [-0.3, -0.25) is 0 Å². The topological polar surface area (TPSA) is 57.5 Å². The van der Waals surface area contributed by atoms with Gasteiger partial charge >= 0.3 is 5.97 Å². The van der Waals surface area contributed by atoms with Gasteiger partial charge in [-0.25, -0.2) is 4.79 Å². The largest absolute Gasteiger partial charge is 0.478 e. The van der Waals surface area contributed by atoms with Crippen molar-refractivity contribution in [3.05, 3.63) is 35.9 Å². The number of rotatable bonds is 4. The second-order valence-corrected chi connectivity index (χ2v) is 6.05. The molecule has 0 saturated heterocycles. The minimum Gasteiger partial charge on any atom is -0.478 e. The second kappa shape index (κ2) is 8.70. The highest BCUT2D eigenvalue weighted by molar-refractivity contribution is 5.87. The first-order chi connectivity index (χ1) is 8.76. The Kier molecular flexibility index (Phi) is 8.08. The summed E-state index contributed by atoms with van der Waals surface area (Å²) in [7, 11) is 0. The van der Waals surface area contributed by atoms with Crippen LogP contribution >= 0.6 is 0 Å². The first kappa shape index (κ1) is 17.6. The van der Waals surface area contributed by atoms with Gasteiger partial charge in [0, 0.05) is 6.61 Å². The Morgan fingerprint density at radius 3 is 2.05 bits per heavy atom. The number of aliphatic hydroxyl groups excluding tert-OH is 1. The molecule has 3 nitrogen and oxygen atoms in total. The Morgan fingerprint density at radius 1 is 1.21 bits per heavy atom. The molecule has 0 aliphatic carbocycles. The van der Waals surface area contributed by atoms with Gasteiger partial charge in [-0.1, -0.05) is 45.9 Å². The number of benzene rings is 1. The summed E-state index contributed by atoms with van der Waals surface area (Å²) in [6.07, 6.45) is 2.14. The van der Waals surface area contributed by atoms with E-state index in [1.165, 1.54) is 6.42 Å². The third kappa shape index (κ3) is 10.3. The fourth-order valence-corrected chi connectivity index (χ4v) is 1.95. The molecule has 3 heteroatoms. The van der Waals surface area contributed by atoms with Gasteiger partial charge < -0.3 is 10.2 Å². The summed E-state index contributed by atoms with van der Waals surface area (Å²) in [5.41, 5.74) is 0.742. The fourth-order valence-electron chi connectivity index (χ4n) is 1.95. The van der Waals surface area contributed by atoms with Gasteiger partial charge in [0.1, 0.15) is 0 Å². The van der Waals surface area contributed by atoms with Gasteiger partial charge in [0.2, 0.25) is 0 Å². The molecule has 19 heavy (non-hydrogen) atoms. The first-order valence-electron chi connectivity index (χ1n) is 6.65. The Balaban J connectivity index is 0.000000342. The van der Waals surface area contributed by atoms with Crippen molar-refractivity contribution in [3.8, 4) is 0 Å². The third-order valence-corrected chi connectivity index (χ3v) is 2.60. The minimum absolute atomic E-state index is 0.331. The van der Waals surface area contributed by atoms with Crippen LogP contribution in [-0.2, 0) is 0 Å². The van der Waals surface area contributed by atoms with Gasteiger partial charge in [-0.15, -0.1) is 0 Å². The zero-order valence-corrected chi connectivity index (χ0v) is 12.4. The van der Waals surface area contributed by atoms with Crippen LogP contribution in [-0.4, -0.2) is 22.8 Å². The molecular formula is C16H26O3. The molecule has 1 atom stereocenters. The standard InChI is InChI=1S/C9H20O.C7H6O2/c1-8(5-6-10)7-9(2,3)4;8-7(9)6-4-2-1-3-5-6/h8,10H,5-7H2,1-4H3;1-5H,(H,8,9). The zero-order valence-electron chi connectivity index (χ0n) is 12.4. The van der Waals surface area contributed by atoms with Crippen LogP contribution < -0.4 is 0 Å². The molecule has 0 radical (unpaired) electrons. The van der Waals surface area contributed by atoms with E-state index in [0.29, 0.717) is 23.5 Å². The molecule has 1 aromatic rings. The van der Waals surface area contributed by atoms with Crippen molar-refractivity contribution in [1.29, 1.82) is 0 Å². The molecular weight excluding hydrogens is 240 g/mol. The maximum Gasteiger partial charge on any atom is 0.335 e. The van der Waals surface area contributed by atoms with Crippen LogP contribution in [0, 0.1) is 11.3 Å². The molecule has 1 unspecified atom stereocenters. The van der Waals surface area contributed by atoms with Crippen molar-refractivity contribution in [3.63, 3.8) is 0 Å². The molecule has 0 aliphatic rings. The van der Waals surface area contributed by atoms with Crippen molar-refractivity contribution in [2.24, 2.45) is 11.3 Å². The average molecular weight is 266 g/mol. The quantitative estimate of drug-likeness (QED) is 0.871. The van der Waals surface area contributed by atoms with Crippen LogP contribution in [0.4, 0.5) is 0 Å². The lowest BCUT2D eigenvalue weighted by Crippen LogP contribution is -2.11. The predicted molar refractivity (Wildman–Crippen MR) is 78.3 cm³/mol. The lowest BCUT2D eigenvalue weighted by atomic mass is 9.84. The number of carboxylic acids is 1. The fraction of sp³-hybridized carbons (Fsp3) is 0.562. The Morgan fingerprint density at radius 2 is 1.74 bits per heavy atom. The van der Waals surface area contributed by atoms with E-state index in [1.54, 1.807) is 30.3 Å². The molecule has 0 aromatic heterocycles. The zero-order chi connectivity index (χ0) is 14.9. The molecule has 0 spiro atoms. The van der Waals surface area contributed by atoms with E-state index in [-0.39, 0.29) is 0 Å². The van der Waals surface area contributed by atoms with Crippen molar-refractivity contribution in [2.45, 2.75) is 40.5 Å². The molecule has 1 rings (SSSR count). The highest BCUT2D eigenvalue weighted by Gasteiger charge is 2.14. The number of hydrogen-bond donors (Lipinski definition) is 2. The highest BCUT2D eigenvalue weighted by Crippen LogP contribution is 2.25. The summed E-state index contributed by atoms with van der Waals surface area (Å²) < 4.78 is 0. The van der Waals surface area contributed by atoms with Crippen molar-refractivity contribution >= 4 is 5.97 Å². The summed E-state index contributed by atoms with van der Waals surface area (Å²) in [6, 6.07) is 8.30. The van der Waals surface area contributed by atoms with E-state index in [1.807, 2.05) is 0 Å². The lowest BCUT2D eigenvalue weighted by molar-refractivity contribution is 0.0697. The smallest absolute Gasteiger partial charge is 0.335 e. The lowest BCUT2D eigenvalue weighted by Gasteiger charge is -2.22. The van der Waals surface area contributed by atoms with Gasteiger partial charge in [0.25, 0.3) is 0 Å². The number of aromatic carboxylic acids is 1. The first-order valence-corrected chi connectivity index (χ1v) is 6.65. The molecule has 0 amide bonds. The van der Waals surface area contributed by atoms with Crippen LogP contribution in [0.5, 0.6) is 0 Å². The Labute approximate surface area is 116 Å². The number of carbonyl (C=O) groups is 1. The summed E-state index contributed by atoms with van der Waals surface area (Å²) in [5, 5.41) is 17.0. The predicted octanol–water partition coefficient (Wildman–Crippen LogP) is 3.83. The monoisotopic (exact) mass is 266 g/mol. The average Bonchev–Trinajstić information content (AvgIpc) is 2.29. The third-order valence-electron chi connectivity index (χ3n) is 2.60. The van der Waals surface area contributed by atoms with E-state index in [4.69, 9.17) is 10.2 Å². The Bertz CT molecular complexity index is 352. The SMILES string of the molecule is CC(CCO)CC(C)(C)C.O=C(O)c1ccccc1. The van der Waals surface area contributed by atoms with Crippen molar-refractivity contribution in [1.82, 2.24) is 0 Å². The van der Waals surface area contributed by atoms with Crippen LogP contribution in [0.25, 0.3) is 0 Å². The maximum absolute atomic E-state index is 10.2. The van der Waals surface area contributed by atoms with E-state index in [9.17, 15) is 4.79 Å². The summed E-state index contributed by atoms with van der Waals surface area (Å²) in [4.78, 5) is 10.2. The summed E-state index contributed by atoms with van der Waals surface area (Å²) in [5.74, 6) is -0.222. The molecule has 0 bridgehead atoms. The minimum atomic E-state index is -0.879. The van der Waals surface area contributed by atoms with Gasteiger partial charge in [0.05, 0.1) is 5.56 Å². The van der Waals surface area contributed by atoms with E-state index >= 15 is 0 Å². The molecule has 0 aliphatic heterocycles. The molecule has 0 heterocycles. The Hall–Kier alpha value is -1.35. The summed E-state index contributed by atoms with van der Waals surface area (Å²) in [6.45, 7) is 9.24. The van der Waals surface area contributed by atoms with E-state index in [2.05, 4.69) is 27.7 Å². The van der Waals surface area contributed by atoms with E-state index in [0.717, 1.165) is 6.42 Å². The van der Waals surface area contributed by atoms with Gasteiger partial charge in [-0.05, 0) is 36.3 Å².